The predicted molar refractivity (Wildman–Crippen MR) is 103 cm³/mol. The number of piperidine rings is 1. The fourth-order valence-electron chi connectivity index (χ4n) is 3.55. The molecule has 2 aliphatic rings. The van der Waals surface area contributed by atoms with Crippen molar-refractivity contribution in [3.63, 3.8) is 0 Å². The number of carbonyl (C=O) groups is 2. The lowest BCUT2D eigenvalue weighted by molar-refractivity contribution is -0.139. The Balaban J connectivity index is 1.38. The molecule has 0 atom stereocenters. The topological polar surface area (TPSA) is 40.6 Å². The van der Waals surface area contributed by atoms with Crippen LogP contribution in [-0.2, 0) is 15.3 Å². The maximum absolute atomic E-state index is 12.4. The fraction of sp³-hybridized carbons (Fsp3) is 0.579. The van der Waals surface area contributed by atoms with E-state index in [1.807, 2.05) is 34.1 Å². The summed E-state index contributed by atoms with van der Waals surface area (Å²) < 4.78 is 0. The minimum atomic E-state index is 0.112. The van der Waals surface area contributed by atoms with Gasteiger partial charge in [0.15, 0.2) is 0 Å². The fourth-order valence-corrected chi connectivity index (χ4v) is 4.63. The molecule has 1 aromatic carbocycles. The van der Waals surface area contributed by atoms with Gasteiger partial charge in [-0.2, -0.15) is 0 Å². The lowest BCUT2D eigenvalue weighted by Gasteiger charge is -2.33. The van der Waals surface area contributed by atoms with Crippen molar-refractivity contribution in [3.05, 3.63) is 34.9 Å². The molecule has 0 spiro atoms. The first-order valence-electron chi connectivity index (χ1n) is 9.02. The number of amides is 2. The van der Waals surface area contributed by atoms with E-state index < -0.39 is 0 Å². The summed E-state index contributed by atoms with van der Waals surface area (Å²) in [5.74, 6) is 1.87. The largest absolute Gasteiger partial charge is 0.342 e. The number of likely N-dealkylation sites (tertiary alicyclic amines) is 2. The van der Waals surface area contributed by atoms with E-state index in [9.17, 15) is 9.59 Å². The van der Waals surface area contributed by atoms with Gasteiger partial charge in [-0.1, -0.05) is 23.7 Å². The van der Waals surface area contributed by atoms with Crippen molar-refractivity contribution in [3.8, 4) is 0 Å². The summed E-state index contributed by atoms with van der Waals surface area (Å²) in [6.07, 6.45) is 3.87. The van der Waals surface area contributed by atoms with E-state index in [2.05, 4.69) is 0 Å². The zero-order valence-electron chi connectivity index (χ0n) is 14.5. The van der Waals surface area contributed by atoms with Gasteiger partial charge in [-0.15, -0.1) is 11.8 Å². The van der Waals surface area contributed by atoms with Crippen molar-refractivity contribution in [1.82, 2.24) is 9.80 Å². The van der Waals surface area contributed by atoms with E-state index >= 15 is 0 Å². The predicted octanol–water partition coefficient (Wildman–Crippen LogP) is 3.43. The highest BCUT2D eigenvalue weighted by molar-refractivity contribution is 7.99. The molecule has 25 heavy (non-hydrogen) atoms. The van der Waals surface area contributed by atoms with Gasteiger partial charge in [0.1, 0.15) is 0 Å². The van der Waals surface area contributed by atoms with Crippen LogP contribution in [0.1, 0.15) is 31.2 Å². The number of hydrogen-bond acceptors (Lipinski definition) is 3. The van der Waals surface area contributed by atoms with Crippen LogP contribution >= 0.6 is 23.4 Å². The molecule has 0 aromatic heterocycles. The monoisotopic (exact) mass is 380 g/mol. The molecular formula is C19H25ClN2O2S. The van der Waals surface area contributed by atoms with Gasteiger partial charge in [-0.25, -0.2) is 0 Å². The minimum Gasteiger partial charge on any atom is -0.342 e. The van der Waals surface area contributed by atoms with Gasteiger partial charge in [0, 0.05) is 42.9 Å². The molecule has 1 aromatic rings. The van der Waals surface area contributed by atoms with Crippen LogP contribution in [-0.4, -0.2) is 53.5 Å². The van der Waals surface area contributed by atoms with Crippen molar-refractivity contribution in [2.45, 2.75) is 31.4 Å². The third-order valence-electron chi connectivity index (χ3n) is 5.00. The van der Waals surface area contributed by atoms with Crippen LogP contribution in [0.5, 0.6) is 0 Å². The second-order valence-corrected chi connectivity index (χ2v) is 8.23. The summed E-state index contributed by atoms with van der Waals surface area (Å²) in [4.78, 5) is 28.7. The molecule has 0 saturated carbocycles. The van der Waals surface area contributed by atoms with E-state index in [0.29, 0.717) is 24.7 Å². The lowest BCUT2D eigenvalue weighted by atomic mass is 9.95. The lowest BCUT2D eigenvalue weighted by Crippen LogP contribution is -2.44. The summed E-state index contributed by atoms with van der Waals surface area (Å²) >= 11 is 7.60. The molecule has 2 aliphatic heterocycles. The molecule has 0 radical (unpaired) electrons. The van der Waals surface area contributed by atoms with Crippen LogP contribution in [0.3, 0.4) is 0 Å². The van der Waals surface area contributed by atoms with Crippen LogP contribution in [0.2, 0.25) is 5.02 Å². The normalized spacial score (nSPS) is 18.6. The maximum atomic E-state index is 12.4. The minimum absolute atomic E-state index is 0.112. The van der Waals surface area contributed by atoms with Crippen molar-refractivity contribution in [2.24, 2.45) is 5.92 Å². The second kappa shape index (κ2) is 8.95. The first-order chi connectivity index (χ1) is 12.1. The summed E-state index contributed by atoms with van der Waals surface area (Å²) in [5, 5.41) is 0.731. The Morgan fingerprint density at radius 3 is 2.48 bits per heavy atom. The summed E-state index contributed by atoms with van der Waals surface area (Å²) in [5.41, 5.74) is 1.14. The molecule has 2 fully saturated rings. The van der Waals surface area contributed by atoms with Gasteiger partial charge >= 0.3 is 0 Å². The molecular weight excluding hydrogens is 356 g/mol. The zero-order chi connectivity index (χ0) is 17.6. The van der Waals surface area contributed by atoms with Crippen LogP contribution in [0.15, 0.2) is 24.3 Å². The Bertz CT molecular complexity index is 611. The number of hydrogen-bond donors (Lipinski definition) is 0. The highest BCUT2D eigenvalue weighted by atomic mass is 35.5. The van der Waals surface area contributed by atoms with Crippen LogP contribution < -0.4 is 0 Å². The van der Waals surface area contributed by atoms with Crippen molar-refractivity contribution < 1.29 is 9.59 Å². The third-order valence-corrected chi connectivity index (χ3v) is 6.22. The van der Waals surface area contributed by atoms with Crippen LogP contribution in [0.25, 0.3) is 0 Å². The summed E-state index contributed by atoms with van der Waals surface area (Å²) in [6.45, 7) is 3.25. The smallest absolute Gasteiger partial charge is 0.232 e. The summed E-state index contributed by atoms with van der Waals surface area (Å²) in [7, 11) is 0. The van der Waals surface area contributed by atoms with Gasteiger partial charge < -0.3 is 9.80 Å². The van der Waals surface area contributed by atoms with Crippen molar-refractivity contribution in [1.29, 1.82) is 0 Å². The van der Waals surface area contributed by atoms with Crippen LogP contribution in [0, 0.1) is 5.92 Å². The highest BCUT2D eigenvalue weighted by Gasteiger charge is 2.30. The standard InChI is InChI=1S/C19H25ClN2O2S/c20-17-5-3-4-15(12-17)13-25-14-18(23)21-10-6-16(7-11-21)19(24)22-8-1-2-9-22/h3-5,12,16H,1-2,6-11,13-14H2. The molecule has 6 heteroatoms. The van der Waals surface area contributed by atoms with Crippen molar-refractivity contribution in [2.75, 3.05) is 31.9 Å². The first kappa shape index (κ1) is 18.6. The molecule has 0 aliphatic carbocycles. The molecule has 2 heterocycles. The number of nitrogens with zero attached hydrogens (tertiary/aromatic N) is 2. The quantitative estimate of drug-likeness (QED) is 0.785. The molecule has 136 valence electrons. The molecule has 3 rings (SSSR count). The van der Waals surface area contributed by atoms with Crippen LogP contribution in [0.4, 0.5) is 0 Å². The zero-order valence-corrected chi connectivity index (χ0v) is 16.0. The van der Waals surface area contributed by atoms with E-state index in [1.54, 1.807) is 11.8 Å². The van der Waals surface area contributed by atoms with Gasteiger partial charge in [-0.3, -0.25) is 9.59 Å². The Labute approximate surface area is 158 Å². The molecule has 4 nitrogen and oxygen atoms in total. The Morgan fingerprint density at radius 1 is 1.08 bits per heavy atom. The van der Waals surface area contributed by atoms with Gasteiger partial charge in [0.2, 0.25) is 11.8 Å². The second-order valence-electron chi connectivity index (χ2n) is 6.81. The van der Waals surface area contributed by atoms with Crippen molar-refractivity contribution >= 4 is 35.2 Å². The van der Waals surface area contributed by atoms with E-state index in [-0.39, 0.29) is 11.8 Å². The molecule has 0 unspecified atom stereocenters. The average molecular weight is 381 g/mol. The van der Waals surface area contributed by atoms with Gasteiger partial charge in [-0.05, 0) is 43.4 Å². The van der Waals surface area contributed by atoms with E-state index in [1.165, 1.54) is 0 Å². The molecule has 0 bridgehead atoms. The van der Waals surface area contributed by atoms with E-state index in [0.717, 1.165) is 55.1 Å². The number of halogens is 1. The Hall–Kier alpha value is -1.20. The number of rotatable bonds is 5. The molecule has 2 saturated heterocycles. The molecule has 0 N–H and O–H groups in total. The number of carbonyl (C=O) groups excluding carboxylic acids is 2. The maximum Gasteiger partial charge on any atom is 0.232 e. The van der Waals surface area contributed by atoms with E-state index in [4.69, 9.17) is 11.6 Å². The number of benzene rings is 1. The third kappa shape index (κ3) is 5.14. The number of thioether (sulfide) groups is 1. The SMILES string of the molecule is O=C(CSCc1cccc(Cl)c1)N1CCC(C(=O)N2CCCC2)CC1. The van der Waals surface area contributed by atoms with Gasteiger partial charge in [0.25, 0.3) is 0 Å². The van der Waals surface area contributed by atoms with Gasteiger partial charge in [0.05, 0.1) is 5.75 Å². The summed E-state index contributed by atoms with van der Waals surface area (Å²) in [6, 6.07) is 7.75. The Kier molecular flexibility index (Phi) is 6.65. The molecule has 2 amide bonds. The first-order valence-corrected chi connectivity index (χ1v) is 10.6. The Morgan fingerprint density at radius 2 is 1.80 bits per heavy atom. The highest BCUT2D eigenvalue weighted by Crippen LogP contribution is 2.23. The average Bonchev–Trinajstić information content (AvgIpc) is 3.16.